The molecular weight excluding hydrogens is 264 g/mol. The lowest BCUT2D eigenvalue weighted by molar-refractivity contribution is 0.194. The van der Waals surface area contributed by atoms with Gasteiger partial charge in [0.1, 0.15) is 5.82 Å². The van der Waals surface area contributed by atoms with E-state index in [1.54, 1.807) is 7.11 Å². The van der Waals surface area contributed by atoms with Crippen LogP contribution in [-0.4, -0.2) is 63.4 Å². The first kappa shape index (κ1) is 16.2. The molecule has 1 aromatic heterocycles. The molecule has 1 N–H and O–H groups in total. The van der Waals surface area contributed by atoms with Gasteiger partial charge in [0.05, 0.1) is 6.61 Å². The number of hydrogen-bond acceptors (Lipinski definition) is 5. The first-order chi connectivity index (χ1) is 10.2. The Kier molecular flexibility index (Phi) is 6.42. The van der Waals surface area contributed by atoms with Crippen LogP contribution in [0.4, 0.5) is 5.82 Å². The van der Waals surface area contributed by atoms with Crippen molar-refractivity contribution in [3.63, 3.8) is 0 Å². The van der Waals surface area contributed by atoms with Gasteiger partial charge in [0.15, 0.2) is 0 Å². The van der Waals surface area contributed by atoms with Crippen molar-refractivity contribution in [3.05, 3.63) is 23.9 Å². The lowest BCUT2D eigenvalue weighted by Gasteiger charge is -2.31. The van der Waals surface area contributed by atoms with E-state index in [0.29, 0.717) is 6.04 Å². The van der Waals surface area contributed by atoms with Gasteiger partial charge in [0.25, 0.3) is 0 Å². The molecule has 1 aliphatic heterocycles. The summed E-state index contributed by atoms with van der Waals surface area (Å²) in [5.74, 6) is 1.00. The maximum absolute atomic E-state index is 5.09. The molecule has 2 rings (SSSR count). The third kappa shape index (κ3) is 4.95. The number of aromatic nitrogens is 1. The summed E-state index contributed by atoms with van der Waals surface area (Å²) in [5.41, 5.74) is 1.29. The van der Waals surface area contributed by atoms with Gasteiger partial charge in [0, 0.05) is 39.5 Å². The van der Waals surface area contributed by atoms with E-state index in [1.165, 1.54) is 31.5 Å². The van der Waals surface area contributed by atoms with Crippen LogP contribution in [0.15, 0.2) is 18.3 Å². The zero-order chi connectivity index (χ0) is 15.1. The number of methoxy groups -OCH3 is 1. The summed E-state index contributed by atoms with van der Waals surface area (Å²) >= 11 is 0. The van der Waals surface area contributed by atoms with Gasteiger partial charge >= 0.3 is 0 Å². The summed E-state index contributed by atoms with van der Waals surface area (Å²) in [6.07, 6.45) is 4.48. The van der Waals surface area contributed by atoms with E-state index in [1.807, 2.05) is 13.2 Å². The van der Waals surface area contributed by atoms with Gasteiger partial charge in [-0.05, 0) is 44.6 Å². The fourth-order valence-electron chi connectivity index (χ4n) is 2.72. The third-order valence-electron chi connectivity index (χ3n) is 4.23. The van der Waals surface area contributed by atoms with E-state index in [2.05, 4.69) is 39.3 Å². The number of anilines is 1. The normalized spacial score (nSPS) is 17.1. The van der Waals surface area contributed by atoms with E-state index in [0.717, 1.165) is 25.5 Å². The molecule has 5 heteroatoms. The van der Waals surface area contributed by atoms with Crippen LogP contribution < -0.4 is 10.2 Å². The fourth-order valence-corrected chi connectivity index (χ4v) is 2.72. The van der Waals surface area contributed by atoms with Crippen LogP contribution in [0.2, 0.25) is 0 Å². The van der Waals surface area contributed by atoms with Crippen molar-refractivity contribution in [1.82, 2.24) is 15.2 Å². The molecule has 0 radical (unpaired) electrons. The van der Waals surface area contributed by atoms with Crippen molar-refractivity contribution in [2.24, 2.45) is 0 Å². The topological polar surface area (TPSA) is 40.6 Å². The third-order valence-corrected chi connectivity index (χ3v) is 4.23. The van der Waals surface area contributed by atoms with Crippen molar-refractivity contribution < 1.29 is 4.74 Å². The van der Waals surface area contributed by atoms with Gasteiger partial charge in [0.2, 0.25) is 0 Å². The highest BCUT2D eigenvalue weighted by atomic mass is 16.5. The second kappa shape index (κ2) is 8.32. The molecule has 5 nitrogen and oxygen atoms in total. The summed E-state index contributed by atoms with van der Waals surface area (Å²) in [7, 11) is 5.83. The van der Waals surface area contributed by atoms with Gasteiger partial charge in [-0.2, -0.15) is 0 Å². The molecule has 118 valence electrons. The summed E-state index contributed by atoms with van der Waals surface area (Å²) in [6.45, 7) is 4.92. The van der Waals surface area contributed by atoms with Gasteiger partial charge in [-0.3, -0.25) is 4.90 Å². The van der Waals surface area contributed by atoms with Crippen LogP contribution in [0.1, 0.15) is 18.4 Å². The van der Waals surface area contributed by atoms with Crippen molar-refractivity contribution in [2.45, 2.75) is 25.4 Å². The minimum atomic E-state index is 0.691. The lowest BCUT2D eigenvalue weighted by Crippen LogP contribution is -2.40. The standard InChI is InChI=1S/C16H28N4O/c1-17-15-6-8-20(9-7-15)13-14-4-5-16(18-12-14)19(2)10-11-21-3/h4-5,12,15,17H,6-11,13H2,1-3H3. The number of ether oxygens (including phenoxy) is 1. The number of nitrogens with one attached hydrogen (secondary N) is 1. The SMILES string of the molecule is CNC1CCN(Cc2ccc(N(C)CCOC)nc2)CC1. The molecule has 0 saturated carbocycles. The van der Waals surface area contributed by atoms with Gasteiger partial charge < -0.3 is 15.0 Å². The molecule has 1 aromatic rings. The average Bonchev–Trinajstić information content (AvgIpc) is 2.54. The highest BCUT2D eigenvalue weighted by Gasteiger charge is 2.17. The van der Waals surface area contributed by atoms with Crippen LogP contribution in [0, 0.1) is 0 Å². The maximum atomic E-state index is 5.09. The minimum Gasteiger partial charge on any atom is -0.383 e. The van der Waals surface area contributed by atoms with E-state index in [9.17, 15) is 0 Å². The Hall–Kier alpha value is -1.17. The molecule has 1 saturated heterocycles. The van der Waals surface area contributed by atoms with Crippen molar-refractivity contribution in [3.8, 4) is 0 Å². The second-order valence-corrected chi connectivity index (χ2v) is 5.78. The highest BCUT2D eigenvalue weighted by molar-refractivity contribution is 5.38. The van der Waals surface area contributed by atoms with Crippen LogP contribution >= 0.6 is 0 Å². The maximum Gasteiger partial charge on any atom is 0.128 e. The molecule has 1 fully saturated rings. The zero-order valence-electron chi connectivity index (χ0n) is 13.5. The monoisotopic (exact) mass is 292 g/mol. The van der Waals surface area contributed by atoms with Gasteiger partial charge in [-0.25, -0.2) is 4.98 Å². The number of rotatable bonds is 7. The lowest BCUT2D eigenvalue weighted by atomic mass is 10.0. The summed E-state index contributed by atoms with van der Waals surface area (Å²) < 4.78 is 5.09. The fraction of sp³-hybridized carbons (Fsp3) is 0.688. The number of pyridine rings is 1. The number of likely N-dealkylation sites (N-methyl/N-ethyl adjacent to an activating group) is 1. The van der Waals surface area contributed by atoms with Gasteiger partial charge in [-0.1, -0.05) is 6.07 Å². The van der Waals surface area contributed by atoms with E-state index < -0.39 is 0 Å². The van der Waals surface area contributed by atoms with E-state index in [-0.39, 0.29) is 0 Å². The average molecular weight is 292 g/mol. The Morgan fingerprint density at radius 2 is 2.14 bits per heavy atom. The second-order valence-electron chi connectivity index (χ2n) is 5.78. The predicted molar refractivity (Wildman–Crippen MR) is 86.7 cm³/mol. The molecule has 2 heterocycles. The number of hydrogen-bond donors (Lipinski definition) is 1. The summed E-state index contributed by atoms with van der Waals surface area (Å²) in [5, 5.41) is 3.37. The molecule has 21 heavy (non-hydrogen) atoms. The zero-order valence-corrected chi connectivity index (χ0v) is 13.5. The molecule has 0 aromatic carbocycles. The van der Waals surface area contributed by atoms with E-state index >= 15 is 0 Å². The highest BCUT2D eigenvalue weighted by Crippen LogP contribution is 2.15. The van der Waals surface area contributed by atoms with Crippen molar-refractivity contribution in [1.29, 1.82) is 0 Å². The van der Waals surface area contributed by atoms with Crippen LogP contribution in [0.5, 0.6) is 0 Å². The Bertz CT molecular complexity index is 401. The minimum absolute atomic E-state index is 0.691. The summed E-state index contributed by atoms with van der Waals surface area (Å²) in [6, 6.07) is 4.98. The molecular formula is C16H28N4O. The molecule has 0 amide bonds. The smallest absolute Gasteiger partial charge is 0.128 e. The molecule has 0 bridgehead atoms. The Morgan fingerprint density at radius 3 is 2.71 bits per heavy atom. The number of nitrogens with zero attached hydrogens (tertiary/aromatic N) is 3. The summed E-state index contributed by atoms with van der Waals surface area (Å²) in [4.78, 5) is 9.19. The predicted octanol–water partition coefficient (Wildman–Crippen LogP) is 1.35. The van der Waals surface area contributed by atoms with Gasteiger partial charge in [-0.15, -0.1) is 0 Å². The molecule has 0 unspecified atom stereocenters. The van der Waals surface area contributed by atoms with Crippen LogP contribution in [0.25, 0.3) is 0 Å². The Balaban J connectivity index is 1.82. The number of piperidine rings is 1. The van der Waals surface area contributed by atoms with Crippen LogP contribution in [-0.2, 0) is 11.3 Å². The molecule has 0 atom stereocenters. The largest absolute Gasteiger partial charge is 0.383 e. The molecule has 0 aliphatic carbocycles. The molecule has 1 aliphatic rings. The Labute approximate surface area is 128 Å². The number of likely N-dealkylation sites (tertiary alicyclic amines) is 1. The van der Waals surface area contributed by atoms with Crippen molar-refractivity contribution >= 4 is 5.82 Å². The Morgan fingerprint density at radius 1 is 1.38 bits per heavy atom. The van der Waals surface area contributed by atoms with Crippen LogP contribution in [0.3, 0.4) is 0 Å². The van der Waals surface area contributed by atoms with E-state index in [4.69, 9.17) is 4.74 Å². The first-order valence-electron chi connectivity index (χ1n) is 7.77. The molecule has 0 spiro atoms. The van der Waals surface area contributed by atoms with Crippen molar-refractivity contribution in [2.75, 3.05) is 52.3 Å². The quantitative estimate of drug-likeness (QED) is 0.821. The first-order valence-corrected chi connectivity index (χ1v) is 7.77.